The Morgan fingerprint density at radius 1 is 1.15 bits per heavy atom. The van der Waals surface area contributed by atoms with Gasteiger partial charge in [-0.15, -0.1) is 0 Å². The molecule has 0 amide bonds. The van der Waals surface area contributed by atoms with Crippen LogP contribution in [-0.4, -0.2) is 23.1 Å². The Balaban J connectivity index is 1.84. The van der Waals surface area contributed by atoms with Crippen LogP contribution in [-0.2, 0) is 20.8 Å². The van der Waals surface area contributed by atoms with Gasteiger partial charge in [0.05, 0.1) is 12.5 Å². The maximum atomic E-state index is 12.7. The van der Waals surface area contributed by atoms with Crippen LogP contribution in [0.5, 0.6) is 0 Å². The van der Waals surface area contributed by atoms with E-state index in [0.29, 0.717) is 18.8 Å². The van der Waals surface area contributed by atoms with Crippen LogP contribution < -0.4 is 0 Å². The highest BCUT2D eigenvalue weighted by atomic mass is 16.6. The summed E-state index contributed by atoms with van der Waals surface area (Å²) in [5.74, 6) is -1.31. The number of nitrogens with zero attached hydrogens (tertiary/aromatic N) is 1. The van der Waals surface area contributed by atoms with Crippen molar-refractivity contribution in [2.75, 3.05) is 6.61 Å². The minimum Gasteiger partial charge on any atom is -0.466 e. The minimum absolute atomic E-state index is 0.298. The molecular weight excluding hydrogens is 342 g/mol. The summed E-state index contributed by atoms with van der Waals surface area (Å²) in [5.41, 5.74) is 3.37. The molecule has 0 radical (unpaired) electrons. The molecule has 1 aliphatic heterocycles. The summed E-state index contributed by atoms with van der Waals surface area (Å²) in [7, 11) is 0. The van der Waals surface area contributed by atoms with Gasteiger partial charge in [0.2, 0.25) is 0 Å². The molecule has 3 aromatic rings. The maximum absolute atomic E-state index is 12.7. The highest BCUT2D eigenvalue weighted by molar-refractivity contribution is 6.02. The number of rotatable bonds is 5. The molecule has 2 atom stereocenters. The SMILES string of the molecule is CCOC(=O)C(C)C1OC(=O)c2c1c1ccccc1n2Cc1ccccc1. The normalized spacial score (nSPS) is 16.8. The number of hydrogen-bond acceptors (Lipinski definition) is 4. The van der Waals surface area contributed by atoms with Crippen molar-refractivity contribution in [3.05, 3.63) is 71.4 Å². The van der Waals surface area contributed by atoms with Gasteiger partial charge < -0.3 is 14.0 Å². The third-order valence-corrected chi connectivity index (χ3v) is 5.02. The Bertz CT molecular complexity index is 1010. The van der Waals surface area contributed by atoms with E-state index in [1.807, 2.05) is 59.2 Å². The van der Waals surface area contributed by atoms with Crippen molar-refractivity contribution in [1.82, 2.24) is 4.57 Å². The predicted octanol–water partition coefficient (Wildman–Crippen LogP) is 4.10. The van der Waals surface area contributed by atoms with E-state index in [1.54, 1.807) is 13.8 Å². The maximum Gasteiger partial charge on any atom is 0.356 e. The first-order chi connectivity index (χ1) is 13.1. The lowest BCUT2D eigenvalue weighted by atomic mass is 9.96. The topological polar surface area (TPSA) is 57.5 Å². The second-order valence-corrected chi connectivity index (χ2v) is 6.72. The minimum atomic E-state index is -0.631. The number of aromatic nitrogens is 1. The highest BCUT2D eigenvalue weighted by Gasteiger charge is 2.42. The zero-order chi connectivity index (χ0) is 19.0. The number of esters is 2. The van der Waals surface area contributed by atoms with Crippen LogP contribution in [0.25, 0.3) is 10.9 Å². The van der Waals surface area contributed by atoms with E-state index in [4.69, 9.17) is 9.47 Å². The Kier molecular flexibility index (Phi) is 4.44. The van der Waals surface area contributed by atoms with Crippen LogP contribution in [0.15, 0.2) is 54.6 Å². The van der Waals surface area contributed by atoms with Crippen LogP contribution in [0.3, 0.4) is 0 Å². The van der Waals surface area contributed by atoms with Crippen LogP contribution in [0.1, 0.15) is 41.6 Å². The van der Waals surface area contributed by atoms with Crippen LogP contribution in [0.2, 0.25) is 0 Å². The first-order valence-corrected chi connectivity index (χ1v) is 9.14. The lowest BCUT2D eigenvalue weighted by Gasteiger charge is -2.17. The van der Waals surface area contributed by atoms with E-state index in [0.717, 1.165) is 22.0 Å². The fraction of sp³-hybridized carbons (Fsp3) is 0.273. The van der Waals surface area contributed by atoms with Gasteiger partial charge >= 0.3 is 11.9 Å². The summed E-state index contributed by atoms with van der Waals surface area (Å²) in [6.07, 6.45) is -0.631. The van der Waals surface area contributed by atoms with Crippen LogP contribution >= 0.6 is 0 Å². The third kappa shape index (κ3) is 2.89. The van der Waals surface area contributed by atoms with Crippen LogP contribution in [0, 0.1) is 5.92 Å². The summed E-state index contributed by atoms with van der Waals surface area (Å²) in [5, 5.41) is 0.940. The zero-order valence-corrected chi connectivity index (χ0v) is 15.3. The number of benzene rings is 2. The smallest absolute Gasteiger partial charge is 0.356 e. The van der Waals surface area contributed by atoms with E-state index < -0.39 is 18.0 Å². The van der Waals surface area contributed by atoms with Gasteiger partial charge in [-0.1, -0.05) is 48.5 Å². The van der Waals surface area contributed by atoms with Crippen molar-refractivity contribution in [3.63, 3.8) is 0 Å². The monoisotopic (exact) mass is 363 g/mol. The molecule has 0 fully saturated rings. The largest absolute Gasteiger partial charge is 0.466 e. The first kappa shape index (κ1) is 17.3. The quantitative estimate of drug-likeness (QED) is 0.641. The molecule has 1 aliphatic rings. The van der Waals surface area contributed by atoms with Gasteiger partial charge in [0.15, 0.2) is 0 Å². The first-order valence-electron chi connectivity index (χ1n) is 9.14. The number of hydrogen-bond donors (Lipinski definition) is 0. The van der Waals surface area contributed by atoms with Crippen molar-refractivity contribution in [2.45, 2.75) is 26.5 Å². The number of cyclic esters (lactones) is 1. The highest BCUT2D eigenvalue weighted by Crippen LogP contribution is 2.43. The fourth-order valence-corrected chi connectivity index (χ4v) is 3.75. The molecule has 0 aliphatic carbocycles. The van der Waals surface area contributed by atoms with E-state index >= 15 is 0 Å². The van der Waals surface area contributed by atoms with Crippen molar-refractivity contribution < 1.29 is 19.1 Å². The van der Waals surface area contributed by atoms with Gasteiger partial charge in [0.25, 0.3) is 0 Å². The Labute approximate surface area is 157 Å². The molecule has 0 saturated heterocycles. The molecule has 0 N–H and O–H groups in total. The van der Waals surface area contributed by atoms with Crippen LogP contribution in [0.4, 0.5) is 0 Å². The molecular formula is C22H21NO4. The van der Waals surface area contributed by atoms with Gasteiger partial charge in [-0.2, -0.15) is 0 Å². The summed E-state index contributed by atoms with van der Waals surface area (Å²) >= 11 is 0. The third-order valence-electron chi connectivity index (χ3n) is 5.02. The molecule has 1 aromatic heterocycles. The molecule has 2 heterocycles. The summed E-state index contributed by atoms with van der Waals surface area (Å²) in [6.45, 7) is 4.37. The average molecular weight is 363 g/mol. The van der Waals surface area contributed by atoms with Gasteiger partial charge in [0, 0.05) is 23.0 Å². The van der Waals surface area contributed by atoms with E-state index in [9.17, 15) is 9.59 Å². The van der Waals surface area contributed by atoms with Gasteiger partial charge in [0.1, 0.15) is 11.8 Å². The molecule has 2 aromatic carbocycles. The Hall–Kier alpha value is -3.08. The Morgan fingerprint density at radius 3 is 2.59 bits per heavy atom. The number of carbonyl (C=O) groups is 2. The van der Waals surface area contributed by atoms with E-state index in [1.165, 1.54) is 0 Å². The molecule has 27 heavy (non-hydrogen) atoms. The standard InChI is InChI=1S/C22H21NO4/c1-3-26-21(24)14(2)20-18-16-11-7-8-12-17(16)23(19(18)22(25)27-20)13-15-9-5-4-6-10-15/h4-12,14,20H,3,13H2,1-2H3. The summed E-state index contributed by atoms with van der Waals surface area (Å²) < 4.78 is 12.8. The second-order valence-electron chi connectivity index (χ2n) is 6.72. The molecule has 138 valence electrons. The zero-order valence-electron chi connectivity index (χ0n) is 15.3. The molecule has 5 heteroatoms. The molecule has 2 unspecified atom stereocenters. The number of para-hydroxylation sites is 1. The van der Waals surface area contributed by atoms with Crippen molar-refractivity contribution in [1.29, 1.82) is 0 Å². The predicted molar refractivity (Wildman–Crippen MR) is 101 cm³/mol. The second kappa shape index (κ2) is 6.91. The average Bonchev–Trinajstić information content (AvgIpc) is 3.19. The van der Waals surface area contributed by atoms with Crippen molar-refractivity contribution in [3.8, 4) is 0 Å². The van der Waals surface area contributed by atoms with Crippen molar-refractivity contribution >= 4 is 22.8 Å². The Morgan fingerprint density at radius 2 is 1.85 bits per heavy atom. The summed E-state index contributed by atoms with van der Waals surface area (Å²) in [6, 6.07) is 17.8. The lowest BCUT2D eigenvalue weighted by Crippen LogP contribution is -2.22. The summed E-state index contributed by atoms with van der Waals surface area (Å²) in [4.78, 5) is 25.0. The van der Waals surface area contributed by atoms with Crippen molar-refractivity contribution in [2.24, 2.45) is 5.92 Å². The molecule has 4 rings (SSSR count). The molecule has 0 saturated carbocycles. The molecule has 0 bridgehead atoms. The number of ether oxygens (including phenoxy) is 2. The number of carbonyl (C=O) groups excluding carboxylic acids is 2. The molecule has 5 nitrogen and oxygen atoms in total. The lowest BCUT2D eigenvalue weighted by molar-refractivity contribution is -0.151. The van der Waals surface area contributed by atoms with Gasteiger partial charge in [-0.05, 0) is 25.5 Å². The van der Waals surface area contributed by atoms with E-state index in [-0.39, 0.29) is 5.97 Å². The van der Waals surface area contributed by atoms with Gasteiger partial charge in [-0.25, -0.2) is 4.79 Å². The van der Waals surface area contributed by atoms with E-state index in [2.05, 4.69) is 0 Å². The molecule has 0 spiro atoms. The van der Waals surface area contributed by atoms with Gasteiger partial charge in [-0.3, -0.25) is 4.79 Å². The number of fused-ring (bicyclic) bond motifs is 3. The fourth-order valence-electron chi connectivity index (χ4n) is 3.75.